The first-order valence-corrected chi connectivity index (χ1v) is 13.3. The highest BCUT2D eigenvalue weighted by atomic mass is 16.5. The van der Waals surface area contributed by atoms with Crippen LogP contribution in [0.4, 0.5) is 0 Å². The van der Waals surface area contributed by atoms with Gasteiger partial charge in [-0.1, -0.05) is 102 Å². The molecule has 0 radical (unpaired) electrons. The number of hydrogen-bond donors (Lipinski definition) is 1. The Morgan fingerprint density at radius 1 is 0.781 bits per heavy atom. The molecule has 0 spiro atoms. The lowest BCUT2D eigenvalue weighted by molar-refractivity contribution is -0.0884. The molecule has 188 valence electrons. The fraction of sp³-hybridized carbons (Fsp3) is 0.923. The zero-order valence-corrected chi connectivity index (χ0v) is 21.2. The Balaban J connectivity index is 4.54. The number of allylic oxidation sites excluding steroid dienone is 1. The number of unbranched alkanes of at least 4 members (excludes halogenated alkanes) is 11. The number of hydrogen-bond acceptors (Lipinski definition) is 4. The first-order chi connectivity index (χ1) is 15.7. The van der Waals surface area contributed by atoms with E-state index in [9.17, 15) is 5.11 Å². The molecule has 0 aromatic carbocycles. The van der Waals surface area contributed by atoms with Crippen molar-refractivity contribution in [2.45, 2.75) is 135 Å². The predicted octanol–water partition coefficient (Wildman–Crippen LogP) is 7.90. The largest absolute Gasteiger partial charge is 0.396 e. The van der Waals surface area contributed by atoms with Crippen LogP contribution in [-0.4, -0.2) is 43.2 Å². The summed E-state index contributed by atoms with van der Waals surface area (Å²) in [6.07, 6.45) is 21.6. The lowest BCUT2D eigenvalue weighted by Gasteiger charge is -2.30. The molecule has 3 atom stereocenters. The van der Waals surface area contributed by atoms with E-state index in [2.05, 4.69) is 42.9 Å². The standard InChI is InChI=1S/C26H51N3O3/c1-4-7-10-11-12-13-14-15-16-17-18-19-20-25(31-21-8-5-2)26(32-22-9-6-3)24(23-30)28-29-27/h18-19,24-26,30H,4-17,20-23H2,1-3H3/t24-,25+,26-/m0/s1. The van der Waals surface area contributed by atoms with Crippen molar-refractivity contribution in [1.82, 2.24) is 0 Å². The monoisotopic (exact) mass is 453 g/mol. The summed E-state index contributed by atoms with van der Waals surface area (Å²) in [6.45, 7) is 7.49. The van der Waals surface area contributed by atoms with Gasteiger partial charge in [-0.3, -0.25) is 0 Å². The van der Waals surface area contributed by atoms with Crippen molar-refractivity contribution in [3.05, 3.63) is 22.6 Å². The van der Waals surface area contributed by atoms with Crippen LogP contribution in [0.25, 0.3) is 10.4 Å². The Kier molecular flexibility index (Phi) is 23.7. The number of azide groups is 1. The van der Waals surface area contributed by atoms with Gasteiger partial charge in [0, 0.05) is 18.1 Å². The Morgan fingerprint density at radius 2 is 1.34 bits per heavy atom. The van der Waals surface area contributed by atoms with E-state index in [1.807, 2.05) is 0 Å². The van der Waals surface area contributed by atoms with Crippen molar-refractivity contribution in [3.63, 3.8) is 0 Å². The van der Waals surface area contributed by atoms with Gasteiger partial charge in [0.05, 0.1) is 24.9 Å². The molecule has 0 heterocycles. The fourth-order valence-corrected chi connectivity index (χ4v) is 3.70. The summed E-state index contributed by atoms with van der Waals surface area (Å²) in [4.78, 5) is 2.91. The molecule has 0 fully saturated rings. The second kappa shape index (κ2) is 24.6. The third kappa shape index (κ3) is 17.5. The number of ether oxygens (including phenoxy) is 2. The van der Waals surface area contributed by atoms with Gasteiger partial charge in [-0.05, 0) is 37.6 Å². The number of rotatable bonds is 24. The van der Waals surface area contributed by atoms with Crippen LogP contribution in [0.3, 0.4) is 0 Å². The second-order valence-electron chi connectivity index (χ2n) is 8.73. The molecule has 0 bridgehead atoms. The van der Waals surface area contributed by atoms with Gasteiger partial charge in [0.15, 0.2) is 0 Å². The molecule has 0 unspecified atom stereocenters. The molecule has 0 saturated carbocycles. The maximum absolute atomic E-state index is 9.76. The van der Waals surface area contributed by atoms with Crippen molar-refractivity contribution < 1.29 is 14.6 Å². The third-order valence-electron chi connectivity index (χ3n) is 5.78. The highest BCUT2D eigenvalue weighted by Crippen LogP contribution is 2.18. The van der Waals surface area contributed by atoms with Gasteiger partial charge >= 0.3 is 0 Å². The Hall–Kier alpha value is -1.07. The summed E-state index contributed by atoms with van der Waals surface area (Å²) in [6, 6.07) is -0.630. The summed E-state index contributed by atoms with van der Waals surface area (Å²) < 4.78 is 12.2. The lowest BCUT2D eigenvalue weighted by Crippen LogP contribution is -2.42. The number of aliphatic hydroxyl groups excluding tert-OH is 1. The van der Waals surface area contributed by atoms with Crippen LogP contribution in [-0.2, 0) is 9.47 Å². The van der Waals surface area contributed by atoms with E-state index < -0.39 is 12.1 Å². The molecule has 0 aliphatic rings. The van der Waals surface area contributed by atoms with Gasteiger partial charge in [-0.25, -0.2) is 0 Å². The second-order valence-corrected chi connectivity index (χ2v) is 8.73. The molecule has 0 aliphatic heterocycles. The van der Waals surface area contributed by atoms with E-state index in [1.165, 1.54) is 57.8 Å². The Labute approximate surface area is 197 Å². The van der Waals surface area contributed by atoms with Gasteiger partial charge in [-0.2, -0.15) is 0 Å². The summed E-state index contributed by atoms with van der Waals surface area (Å²) in [7, 11) is 0. The van der Waals surface area contributed by atoms with Gasteiger partial charge < -0.3 is 14.6 Å². The van der Waals surface area contributed by atoms with Crippen LogP contribution in [0.5, 0.6) is 0 Å². The molecule has 0 saturated heterocycles. The molecule has 6 nitrogen and oxygen atoms in total. The fourth-order valence-electron chi connectivity index (χ4n) is 3.70. The lowest BCUT2D eigenvalue weighted by atomic mass is 10.0. The number of nitrogens with zero attached hydrogens (tertiary/aromatic N) is 3. The molecular weight excluding hydrogens is 402 g/mol. The molecule has 0 aliphatic carbocycles. The zero-order chi connectivity index (χ0) is 23.7. The average molecular weight is 454 g/mol. The number of aliphatic hydroxyl groups is 1. The maximum Gasteiger partial charge on any atom is 0.0946 e. The van der Waals surface area contributed by atoms with Crippen LogP contribution in [0.1, 0.15) is 117 Å². The quantitative estimate of drug-likeness (QED) is 0.0529. The van der Waals surface area contributed by atoms with Gasteiger partial charge in [0.1, 0.15) is 0 Å². The van der Waals surface area contributed by atoms with E-state index in [0.717, 1.165) is 32.1 Å². The van der Waals surface area contributed by atoms with Crippen LogP contribution in [0.2, 0.25) is 0 Å². The Bertz CT molecular complexity index is 467. The average Bonchev–Trinajstić information content (AvgIpc) is 2.80. The molecule has 0 aromatic rings. The molecular formula is C26H51N3O3. The highest BCUT2D eigenvalue weighted by molar-refractivity contribution is 4.91. The van der Waals surface area contributed by atoms with E-state index in [-0.39, 0.29) is 12.7 Å². The SMILES string of the molecule is CCCCCCCCCCCC=CC[C@@H](OCCCC)[C@@H](OCCCC)[C@H](CO)N=[N+]=[N-]. The predicted molar refractivity (Wildman–Crippen MR) is 135 cm³/mol. The van der Waals surface area contributed by atoms with Crippen molar-refractivity contribution in [2.75, 3.05) is 19.8 Å². The molecule has 0 rings (SSSR count). The summed E-state index contributed by atoms with van der Waals surface area (Å²) in [5.41, 5.74) is 8.91. The summed E-state index contributed by atoms with van der Waals surface area (Å²) in [5, 5.41) is 13.5. The highest BCUT2D eigenvalue weighted by Gasteiger charge is 2.29. The van der Waals surface area contributed by atoms with Crippen LogP contribution >= 0.6 is 0 Å². The van der Waals surface area contributed by atoms with Crippen molar-refractivity contribution in [3.8, 4) is 0 Å². The summed E-state index contributed by atoms with van der Waals surface area (Å²) >= 11 is 0. The molecule has 6 heteroatoms. The van der Waals surface area contributed by atoms with E-state index >= 15 is 0 Å². The third-order valence-corrected chi connectivity index (χ3v) is 5.78. The van der Waals surface area contributed by atoms with Crippen molar-refractivity contribution in [1.29, 1.82) is 0 Å². The van der Waals surface area contributed by atoms with Gasteiger partial charge in [-0.15, -0.1) is 0 Å². The maximum atomic E-state index is 9.76. The molecule has 32 heavy (non-hydrogen) atoms. The van der Waals surface area contributed by atoms with Crippen LogP contribution < -0.4 is 0 Å². The van der Waals surface area contributed by atoms with Crippen molar-refractivity contribution >= 4 is 0 Å². The molecule has 0 amide bonds. The van der Waals surface area contributed by atoms with E-state index in [4.69, 9.17) is 15.0 Å². The van der Waals surface area contributed by atoms with Gasteiger partial charge in [0.25, 0.3) is 0 Å². The minimum absolute atomic E-state index is 0.222. The van der Waals surface area contributed by atoms with Crippen molar-refractivity contribution in [2.24, 2.45) is 5.11 Å². The first-order valence-electron chi connectivity index (χ1n) is 13.3. The van der Waals surface area contributed by atoms with Gasteiger partial charge in [0.2, 0.25) is 0 Å². The normalized spacial score (nSPS) is 14.4. The first kappa shape index (κ1) is 30.9. The minimum atomic E-state index is -0.630. The topological polar surface area (TPSA) is 87.5 Å². The zero-order valence-electron chi connectivity index (χ0n) is 21.2. The molecule has 1 N–H and O–H groups in total. The summed E-state index contributed by atoms with van der Waals surface area (Å²) in [5.74, 6) is 0. The van der Waals surface area contributed by atoms with E-state index in [1.54, 1.807) is 0 Å². The smallest absolute Gasteiger partial charge is 0.0946 e. The molecule has 0 aromatic heterocycles. The van der Waals surface area contributed by atoms with Crippen LogP contribution in [0, 0.1) is 0 Å². The van der Waals surface area contributed by atoms with Crippen LogP contribution in [0.15, 0.2) is 17.3 Å². The minimum Gasteiger partial charge on any atom is -0.396 e. The Morgan fingerprint density at radius 3 is 1.91 bits per heavy atom. The van der Waals surface area contributed by atoms with E-state index in [0.29, 0.717) is 19.6 Å².